The third kappa shape index (κ3) is 8.99. The number of carbonyl (C=O) groups excluding carboxylic acids is 1. The van der Waals surface area contributed by atoms with E-state index in [0.29, 0.717) is 6.54 Å². The molecule has 1 aromatic rings. The fourth-order valence-electron chi connectivity index (χ4n) is 2.64. The zero-order valence-electron chi connectivity index (χ0n) is 16.9. The van der Waals surface area contributed by atoms with Gasteiger partial charge in [-0.3, -0.25) is 4.79 Å². The lowest BCUT2D eigenvalue weighted by molar-refractivity contribution is -0.118. The van der Waals surface area contributed by atoms with Gasteiger partial charge in [-0.15, -0.1) is 0 Å². The number of amides is 1. The Bertz CT molecular complexity index is 524. The van der Waals surface area contributed by atoms with Crippen molar-refractivity contribution in [2.24, 2.45) is 5.10 Å². The van der Waals surface area contributed by atoms with Gasteiger partial charge in [0.1, 0.15) is 0 Å². The van der Waals surface area contributed by atoms with E-state index in [1.54, 1.807) is 5.12 Å². The number of anilines is 1. The van der Waals surface area contributed by atoms with E-state index >= 15 is 0 Å². The van der Waals surface area contributed by atoms with Gasteiger partial charge in [0, 0.05) is 6.92 Å². The first-order chi connectivity index (χ1) is 12.6. The van der Waals surface area contributed by atoms with Crippen molar-refractivity contribution in [3.63, 3.8) is 0 Å². The molecule has 0 saturated carbocycles. The Morgan fingerprint density at radius 3 is 2.19 bits per heavy atom. The molecule has 1 unspecified atom stereocenters. The van der Waals surface area contributed by atoms with Crippen molar-refractivity contribution in [2.45, 2.75) is 78.7 Å². The van der Waals surface area contributed by atoms with E-state index in [1.807, 2.05) is 37.3 Å². The number of hydrogen-bond acceptors (Lipinski definition) is 4. The highest BCUT2D eigenvalue weighted by Crippen LogP contribution is 2.15. The zero-order valence-corrected chi connectivity index (χ0v) is 16.9. The van der Waals surface area contributed by atoms with E-state index in [2.05, 4.69) is 29.7 Å². The minimum absolute atomic E-state index is 0.0435. The van der Waals surface area contributed by atoms with Crippen LogP contribution in [0.3, 0.4) is 0 Å². The van der Waals surface area contributed by atoms with Crippen molar-refractivity contribution in [1.29, 1.82) is 0 Å². The van der Waals surface area contributed by atoms with Crippen LogP contribution in [0.25, 0.3) is 0 Å². The van der Waals surface area contributed by atoms with Gasteiger partial charge in [-0.2, -0.15) is 10.2 Å². The first-order valence-electron chi connectivity index (χ1n) is 10.0. The predicted octanol–water partition coefficient (Wildman–Crippen LogP) is 4.65. The van der Waals surface area contributed by atoms with Crippen LogP contribution < -0.4 is 15.9 Å². The van der Waals surface area contributed by atoms with Crippen LogP contribution in [0.2, 0.25) is 0 Å². The van der Waals surface area contributed by atoms with Crippen molar-refractivity contribution >= 4 is 17.3 Å². The molecule has 0 aliphatic carbocycles. The van der Waals surface area contributed by atoms with Crippen LogP contribution >= 0.6 is 0 Å². The number of rotatable bonds is 9. The first kappa shape index (κ1) is 22.2. The lowest BCUT2D eigenvalue weighted by Gasteiger charge is -2.15. The maximum atomic E-state index is 10.9. The quantitative estimate of drug-likeness (QED) is 0.630. The molecule has 0 fully saturated rings. The van der Waals surface area contributed by atoms with Crippen LogP contribution in [-0.2, 0) is 4.79 Å². The number of hydrazone groups is 1. The standard InChI is InChI=1S/C12H16N4O.C9H20/c1-9-12(8-13-10(2)17)15-16(14-9)11-6-4-3-5-7-11;1-3-5-7-9-8-6-4-2/h3-7,9,14H,8H2,1-2H3,(H,13,17);3-9H2,1-2H3. The number of hydrogen-bond donors (Lipinski definition) is 2. The molecule has 0 radical (unpaired) electrons. The van der Waals surface area contributed by atoms with Gasteiger partial charge < -0.3 is 5.32 Å². The van der Waals surface area contributed by atoms with Crippen LogP contribution in [0.5, 0.6) is 0 Å². The van der Waals surface area contributed by atoms with E-state index in [9.17, 15) is 4.79 Å². The Labute approximate surface area is 159 Å². The van der Waals surface area contributed by atoms with Gasteiger partial charge in [-0.25, -0.2) is 5.43 Å². The number of nitrogens with one attached hydrogen (secondary N) is 2. The summed E-state index contributed by atoms with van der Waals surface area (Å²) in [6, 6.07) is 9.97. The minimum Gasteiger partial charge on any atom is -0.351 e. The van der Waals surface area contributed by atoms with Crippen molar-refractivity contribution in [3.8, 4) is 0 Å². The maximum absolute atomic E-state index is 10.9. The summed E-state index contributed by atoms with van der Waals surface area (Å²) < 4.78 is 0. The molecule has 1 aliphatic rings. The van der Waals surface area contributed by atoms with Crippen molar-refractivity contribution in [1.82, 2.24) is 10.7 Å². The molecule has 5 heteroatoms. The van der Waals surface area contributed by atoms with Gasteiger partial charge in [0.25, 0.3) is 0 Å². The van der Waals surface area contributed by atoms with Gasteiger partial charge in [-0.1, -0.05) is 77.0 Å². The number of para-hydroxylation sites is 1. The van der Waals surface area contributed by atoms with Gasteiger partial charge in [0.05, 0.1) is 24.0 Å². The first-order valence-corrected chi connectivity index (χ1v) is 10.0. The maximum Gasteiger partial charge on any atom is 0.217 e. The molecule has 0 aromatic heterocycles. The highest BCUT2D eigenvalue weighted by atomic mass is 16.1. The summed E-state index contributed by atoms with van der Waals surface area (Å²) in [6.45, 7) is 8.53. The molecule has 1 atom stereocenters. The summed E-state index contributed by atoms with van der Waals surface area (Å²) in [4.78, 5) is 10.9. The molecule has 0 saturated heterocycles. The normalized spacial score (nSPS) is 15.9. The molecule has 1 heterocycles. The fraction of sp³-hybridized carbons (Fsp3) is 0.619. The molecule has 1 amide bonds. The highest BCUT2D eigenvalue weighted by Gasteiger charge is 2.22. The number of hydrazine groups is 1. The summed E-state index contributed by atoms with van der Waals surface area (Å²) in [5, 5.41) is 8.93. The third-order valence-electron chi connectivity index (χ3n) is 4.27. The molecular formula is C21H36N4O. The van der Waals surface area contributed by atoms with Crippen molar-refractivity contribution < 1.29 is 4.79 Å². The molecule has 1 aromatic carbocycles. The van der Waals surface area contributed by atoms with E-state index < -0.39 is 0 Å². The number of unbranched alkanes of at least 4 members (excludes halogenated alkanes) is 6. The average Bonchev–Trinajstić information content (AvgIpc) is 3.02. The lowest BCUT2D eigenvalue weighted by atomic mass is 10.1. The van der Waals surface area contributed by atoms with Crippen LogP contribution in [-0.4, -0.2) is 24.2 Å². The molecule has 5 nitrogen and oxygen atoms in total. The second-order valence-electron chi connectivity index (χ2n) is 6.77. The molecule has 0 bridgehead atoms. The Morgan fingerprint density at radius 1 is 1.08 bits per heavy atom. The van der Waals surface area contributed by atoms with Gasteiger partial charge >= 0.3 is 0 Å². The summed E-state index contributed by atoms with van der Waals surface area (Å²) in [5.74, 6) is -0.0435. The molecule has 146 valence electrons. The van der Waals surface area contributed by atoms with E-state index in [4.69, 9.17) is 0 Å². The average molecular weight is 361 g/mol. The monoisotopic (exact) mass is 360 g/mol. The van der Waals surface area contributed by atoms with Gasteiger partial charge in [0.15, 0.2) is 0 Å². The van der Waals surface area contributed by atoms with Gasteiger partial charge in [-0.05, 0) is 19.1 Å². The Kier molecular flexibility index (Phi) is 11.4. The Morgan fingerprint density at radius 2 is 1.65 bits per heavy atom. The van der Waals surface area contributed by atoms with Crippen LogP contribution in [0.4, 0.5) is 5.69 Å². The third-order valence-corrected chi connectivity index (χ3v) is 4.27. The predicted molar refractivity (Wildman–Crippen MR) is 111 cm³/mol. The van der Waals surface area contributed by atoms with E-state index in [0.717, 1.165) is 11.4 Å². The molecular weight excluding hydrogens is 324 g/mol. The highest BCUT2D eigenvalue weighted by molar-refractivity contribution is 5.95. The topological polar surface area (TPSA) is 56.7 Å². The van der Waals surface area contributed by atoms with Crippen LogP contribution in [0, 0.1) is 0 Å². The van der Waals surface area contributed by atoms with Crippen LogP contribution in [0.1, 0.15) is 72.6 Å². The molecule has 0 spiro atoms. The molecule has 1 aliphatic heterocycles. The van der Waals surface area contributed by atoms with Gasteiger partial charge in [0.2, 0.25) is 5.91 Å². The second-order valence-corrected chi connectivity index (χ2v) is 6.77. The summed E-state index contributed by atoms with van der Waals surface area (Å²) >= 11 is 0. The zero-order chi connectivity index (χ0) is 19.2. The molecule has 26 heavy (non-hydrogen) atoms. The summed E-state index contributed by atoms with van der Waals surface area (Å²) in [6.07, 6.45) is 9.97. The SMILES string of the molecule is CC(=O)NCC1=NN(c2ccccc2)NC1C.CCCCCCCCC. The smallest absolute Gasteiger partial charge is 0.217 e. The largest absolute Gasteiger partial charge is 0.351 e. The number of carbonyl (C=O) groups is 1. The Balaban J connectivity index is 0.000000321. The van der Waals surface area contributed by atoms with E-state index in [-0.39, 0.29) is 11.9 Å². The minimum atomic E-state index is -0.0435. The molecule has 2 N–H and O–H groups in total. The molecule has 2 rings (SSSR count). The number of benzene rings is 1. The lowest BCUT2D eigenvalue weighted by Crippen LogP contribution is -2.39. The van der Waals surface area contributed by atoms with Crippen molar-refractivity contribution in [3.05, 3.63) is 30.3 Å². The van der Waals surface area contributed by atoms with Crippen LogP contribution in [0.15, 0.2) is 35.4 Å². The summed E-state index contributed by atoms with van der Waals surface area (Å²) in [7, 11) is 0. The Hall–Kier alpha value is -1.88. The van der Waals surface area contributed by atoms with E-state index in [1.165, 1.54) is 51.9 Å². The number of nitrogens with zero attached hydrogens (tertiary/aromatic N) is 2. The summed E-state index contributed by atoms with van der Waals surface area (Å²) in [5.41, 5.74) is 5.13. The fourth-order valence-corrected chi connectivity index (χ4v) is 2.64. The van der Waals surface area contributed by atoms with Crippen molar-refractivity contribution in [2.75, 3.05) is 11.7 Å². The second kappa shape index (κ2) is 13.3.